The number of ether oxygens (including phenoxy) is 1. The van der Waals surface area contributed by atoms with E-state index < -0.39 is 17.1 Å². The molecule has 8 nitrogen and oxygen atoms in total. The number of methoxy groups -OCH3 is 1. The Morgan fingerprint density at radius 3 is 2.44 bits per heavy atom. The van der Waals surface area contributed by atoms with E-state index in [1.807, 2.05) is 43.3 Å². The van der Waals surface area contributed by atoms with E-state index in [0.717, 1.165) is 11.4 Å². The van der Waals surface area contributed by atoms with Gasteiger partial charge in [-0.25, -0.2) is 4.39 Å². The van der Waals surface area contributed by atoms with Gasteiger partial charge in [-0.3, -0.25) is 19.3 Å². The molecule has 3 amide bonds. The quantitative estimate of drug-likeness (QED) is 0.522. The first-order valence-corrected chi connectivity index (χ1v) is 12.2. The number of likely N-dealkylation sites (N-methyl/N-ethyl adjacent to an activating group) is 1. The number of carbonyl (C=O) groups is 3. The summed E-state index contributed by atoms with van der Waals surface area (Å²) in [5.41, 5.74) is -0.410. The Bertz CT molecular complexity index is 1130. The summed E-state index contributed by atoms with van der Waals surface area (Å²) in [5, 5.41) is 0. The lowest BCUT2D eigenvalue weighted by Crippen LogP contribution is -2.51. The highest BCUT2D eigenvalue weighted by atomic mass is 19.1. The van der Waals surface area contributed by atoms with Crippen LogP contribution in [0.2, 0.25) is 0 Å². The molecule has 0 radical (unpaired) electrons. The largest absolute Gasteiger partial charge is 0.497 e. The SMILES string of the molecule is COc1cccc(N2CCN(C(=O)C[C@]3(c4ccccc4F)CC(=O)N(CCN(C)C)C3=O)CC2)c1. The molecule has 2 saturated heterocycles. The van der Waals surface area contributed by atoms with E-state index >= 15 is 0 Å². The summed E-state index contributed by atoms with van der Waals surface area (Å²) < 4.78 is 20.3. The molecule has 9 heteroatoms. The number of nitrogens with zero attached hydrogens (tertiary/aromatic N) is 4. The van der Waals surface area contributed by atoms with Gasteiger partial charge in [-0.05, 0) is 32.3 Å². The van der Waals surface area contributed by atoms with Gasteiger partial charge in [0.05, 0.1) is 12.5 Å². The van der Waals surface area contributed by atoms with Crippen LogP contribution in [-0.4, -0.2) is 92.9 Å². The Balaban J connectivity index is 1.52. The molecular formula is C27H33FN4O4. The number of amides is 3. The summed E-state index contributed by atoms with van der Waals surface area (Å²) >= 11 is 0. The Morgan fingerprint density at radius 1 is 1.06 bits per heavy atom. The second kappa shape index (κ2) is 10.7. The molecule has 0 unspecified atom stereocenters. The zero-order valence-electron chi connectivity index (χ0n) is 21.1. The van der Waals surface area contributed by atoms with Gasteiger partial charge in [0, 0.05) is 69.4 Å². The van der Waals surface area contributed by atoms with Crippen LogP contribution in [0.5, 0.6) is 5.75 Å². The minimum absolute atomic E-state index is 0.110. The summed E-state index contributed by atoms with van der Waals surface area (Å²) in [6.07, 6.45) is -0.453. The lowest BCUT2D eigenvalue weighted by Gasteiger charge is -2.38. The maximum Gasteiger partial charge on any atom is 0.241 e. The highest BCUT2D eigenvalue weighted by Crippen LogP contribution is 2.41. The number of anilines is 1. The van der Waals surface area contributed by atoms with Gasteiger partial charge >= 0.3 is 0 Å². The number of likely N-dealkylation sites (tertiary alicyclic amines) is 1. The predicted octanol–water partition coefficient (Wildman–Crippen LogP) is 2.13. The standard InChI is InChI=1S/C27H33FN4O4/c1-29(2)11-16-32-25(34)19-27(26(32)35,22-9-4-5-10-23(22)28)18-24(33)31-14-12-30(13-15-31)20-7-6-8-21(17-20)36-3/h4-10,17H,11-16,18-19H2,1-3H3/t27-/m1/s1. The van der Waals surface area contributed by atoms with Gasteiger partial charge in [-0.15, -0.1) is 0 Å². The fourth-order valence-electron chi connectivity index (χ4n) is 5.01. The number of hydrogen-bond donors (Lipinski definition) is 0. The molecule has 0 aromatic heterocycles. The average molecular weight is 497 g/mol. The van der Waals surface area contributed by atoms with Crippen LogP contribution in [0.4, 0.5) is 10.1 Å². The van der Waals surface area contributed by atoms with Crippen molar-refractivity contribution in [1.29, 1.82) is 0 Å². The predicted molar refractivity (Wildman–Crippen MR) is 134 cm³/mol. The van der Waals surface area contributed by atoms with Gasteiger partial charge in [-0.2, -0.15) is 0 Å². The van der Waals surface area contributed by atoms with Gasteiger partial charge in [0.1, 0.15) is 11.6 Å². The van der Waals surface area contributed by atoms with Crippen molar-refractivity contribution in [3.8, 4) is 5.75 Å². The van der Waals surface area contributed by atoms with Gasteiger partial charge < -0.3 is 19.4 Å². The van der Waals surface area contributed by atoms with E-state index in [9.17, 15) is 18.8 Å². The van der Waals surface area contributed by atoms with Crippen LogP contribution < -0.4 is 9.64 Å². The highest BCUT2D eigenvalue weighted by Gasteiger charge is 2.55. The first-order chi connectivity index (χ1) is 17.2. The van der Waals surface area contributed by atoms with Gasteiger partial charge in [0.2, 0.25) is 17.7 Å². The molecule has 2 aliphatic rings. The summed E-state index contributed by atoms with van der Waals surface area (Å²) in [6, 6.07) is 13.7. The van der Waals surface area contributed by atoms with E-state index in [1.165, 1.54) is 23.1 Å². The normalized spacial score (nSPS) is 20.4. The highest BCUT2D eigenvalue weighted by molar-refractivity contribution is 6.10. The number of rotatable bonds is 8. The summed E-state index contributed by atoms with van der Waals surface area (Å²) in [7, 11) is 5.32. The topological polar surface area (TPSA) is 73.4 Å². The van der Waals surface area contributed by atoms with Crippen LogP contribution in [-0.2, 0) is 19.8 Å². The van der Waals surface area contributed by atoms with Crippen LogP contribution in [0.25, 0.3) is 0 Å². The van der Waals surface area contributed by atoms with Crippen molar-refractivity contribution in [1.82, 2.24) is 14.7 Å². The molecule has 0 bridgehead atoms. The van der Waals surface area contributed by atoms with Gasteiger partial charge in [-0.1, -0.05) is 24.3 Å². The smallest absolute Gasteiger partial charge is 0.241 e. The average Bonchev–Trinajstić information content (AvgIpc) is 3.12. The number of imide groups is 1. The molecule has 0 saturated carbocycles. The minimum Gasteiger partial charge on any atom is -0.497 e. The molecule has 2 aromatic rings. The molecule has 2 aromatic carbocycles. The lowest BCUT2D eigenvalue weighted by molar-refractivity contribution is -0.143. The zero-order chi connectivity index (χ0) is 25.9. The van der Waals surface area contributed by atoms with Crippen LogP contribution >= 0.6 is 0 Å². The lowest BCUT2D eigenvalue weighted by atomic mass is 9.75. The fourth-order valence-corrected chi connectivity index (χ4v) is 5.01. The molecule has 36 heavy (non-hydrogen) atoms. The fraction of sp³-hybridized carbons (Fsp3) is 0.444. The van der Waals surface area contributed by atoms with Crippen molar-refractivity contribution in [2.45, 2.75) is 18.3 Å². The van der Waals surface area contributed by atoms with E-state index in [1.54, 1.807) is 18.1 Å². The van der Waals surface area contributed by atoms with Crippen molar-refractivity contribution in [2.24, 2.45) is 0 Å². The van der Waals surface area contributed by atoms with Crippen LogP contribution in [0, 0.1) is 5.82 Å². The molecule has 192 valence electrons. The van der Waals surface area contributed by atoms with Crippen molar-refractivity contribution in [3.05, 3.63) is 59.9 Å². The van der Waals surface area contributed by atoms with Gasteiger partial charge in [0.25, 0.3) is 0 Å². The molecule has 0 aliphatic carbocycles. The third-order valence-electron chi connectivity index (χ3n) is 7.07. The first-order valence-electron chi connectivity index (χ1n) is 12.2. The molecule has 2 fully saturated rings. The van der Waals surface area contributed by atoms with E-state index in [0.29, 0.717) is 32.7 Å². The third kappa shape index (κ3) is 5.06. The van der Waals surface area contributed by atoms with E-state index in [-0.39, 0.29) is 36.8 Å². The van der Waals surface area contributed by atoms with Crippen molar-refractivity contribution >= 4 is 23.4 Å². The number of halogens is 1. The van der Waals surface area contributed by atoms with Crippen molar-refractivity contribution < 1.29 is 23.5 Å². The second-order valence-corrected chi connectivity index (χ2v) is 9.64. The zero-order valence-corrected chi connectivity index (χ0v) is 21.1. The summed E-state index contributed by atoms with van der Waals surface area (Å²) in [4.78, 5) is 47.0. The molecule has 4 rings (SSSR count). The summed E-state index contributed by atoms with van der Waals surface area (Å²) in [5.74, 6) is -0.937. The van der Waals surface area contributed by atoms with Crippen LogP contribution in [0.3, 0.4) is 0 Å². The Kier molecular flexibility index (Phi) is 7.59. The number of piperazine rings is 1. The summed E-state index contributed by atoms with van der Waals surface area (Å²) in [6.45, 7) is 2.87. The van der Waals surface area contributed by atoms with E-state index in [4.69, 9.17) is 4.74 Å². The van der Waals surface area contributed by atoms with Crippen molar-refractivity contribution in [2.75, 3.05) is 65.4 Å². The Hall–Kier alpha value is -3.46. The third-order valence-corrected chi connectivity index (χ3v) is 7.07. The maximum absolute atomic E-state index is 15.0. The van der Waals surface area contributed by atoms with Gasteiger partial charge in [0.15, 0.2) is 0 Å². The van der Waals surface area contributed by atoms with E-state index in [2.05, 4.69) is 4.90 Å². The van der Waals surface area contributed by atoms with Crippen molar-refractivity contribution in [3.63, 3.8) is 0 Å². The maximum atomic E-state index is 15.0. The Morgan fingerprint density at radius 2 is 1.78 bits per heavy atom. The number of benzene rings is 2. The molecule has 2 heterocycles. The van der Waals surface area contributed by atoms with Crippen LogP contribution in [0.1, 0.15) is 18.4 Å². The Labute approximate surface area is 211 Å². The number of hydrogen-bond acceptors (Lipinski definition) is 6. The first kappa shape index (κ1) is 25.6. The van der Waals surface area contributed by atoms with Crippen LogP contribution in [0.15, 0.2) is 48.5 Å². The second-order valence-electron chi connectivity index (χ2n) is 9.64. The molecule has 1 atom stereocenters. The number of carbonyl (C=O) groups excluding carboxylic acids is 3. The molecule has 0 spiro atoms. The molecular weight excluding hydrogens is 463 g/mol. The monoisotopic (exact) mass is 496 g/mol. The minimum atomic E-state index is -1.53. The molecule has 0 N–H and O–H groups in total. The molecule has 2 aliphatic heterocycles.